The van der Waals surface area contributed by atoms with Crippen molar-refractivity contribution in [2.24, 2.45) is 0 Å². The van der Waals surface area contributed by atoms with Crippen LogP contribution < -0.4 is 10.1 Å². The molecule has 2 aromatic heterocycles. The van der Waals surface area contributed by atoms with Crippen molar-refractivity contribution < 1.29 is 27.5 Å². The third kappa shape index (κ3) is 4.13. The molecule has 3 aromatic rings. The van der Waals surface area contributed by atoms with E-state index in [0.717, 1.165) is 18.6 Å². The third-order valence-corrected chi connectivity index (χ3v) is 5.84. The number of pyridine rings is 2. The Morgan fingerprint density at radius 3 is 2.55 bits per heavy atom. The molecule has 0 radical (unpaired) electrons. The van der Waals surface area contributed by atoms with Gasteiger partial charge >= 0.3 is 6.18 Å². The van der Waals surface area contributed by atoms with E-state index in [0.29, 0.717) is 35.8 Å². The Morgan fingerprint density at radius 2 is 1.94 bits per heavy atom. The number of ether oxygens (including phenoxy) is 1. The number of alkyl halides is 3. The van der Waals surface area contributed by atoms with Gasteiger partial charge in [-0.25, -0.2) is 9.97 Å². The molecule has 0 bridgehead atoms. The fourth-order valence-electron chi connectivity index (χ4n) is 4.07. The second kappa shape index (κ2) is 8.43. The van der Waals surface area contributed by atoms with Gasteiger partial charge in [-0.15, -0.1) is 0 Å². The molecule has 0 saturated carbocycles. The molecule has 7 nitrogen and oxygen atoms in total. The first kappa shape index (κ1) is 22.7. The van der Waals surface area contributed by atoms with Gasteiger partial charge in [0.25, 0.3) is 0 Å². The summed E-state index contributed by atoms with van der Waals surface area (Å²) in [5.41, 5.74) is -1.45. The standard InChI is InChI=1S/C23H21F3N4O3/c1-27-21(32)22(10-3-11-30(22)2)20(31)18-7-4-14-12-16(6-8-17(14)29-18)33-19-9-5-15(13-28-19)23(24,25)26/h4-9,12-13H,3,10-11H2,1-2H3,(H,27,32)/t22-/m1/s1. The maximum Gasteiger partial charge on any atom is 0.417 e. The van der Waals surface area contributed by atoms with Gasteiger partial charge in [0, 0.05) is 24.7 Å². The zero-order valence-electron chi connectivity index (χ0n) is 17.9. The number of carbonyl (C=O) groups excluding carboxylic acids is 2. The Balaban J connectivity index is 1.59. The van der Waals surface area contributed by atoms with E-state index in [2.05, 4.69) is 15.3 Å². The number of likely N-dealkylation sites (tertiary alicyclic amines) is 1. The summed E-state index contributed by atoms with van der Waals surface area (Å²) in [6, 6.07) is 10.1. The highest BCUT2D eigenvalue weighted by molar-refractivity contribution is 6.17. The minimum atomic E-state index is -4.47. The summed E-state index contributed by atoms with van der Waals surface area (Å²) in [5, 5.41) is 3.25. The summed E-state index contributed by atoms with van der Waals surface area (Å²) in [4.78, 5) is 35.9. The number of likely N-dealkylation sites (N-methyl/N-ethyl adjacent to an activating group) is 2. The number of nitrogens with zero attached hydrogens (tertiary/aromatic N) is 3. The van der Waals surface area contributed by atoms with Crippen LogP contribution in [0.2, 0.25) is 0 Å². The molecule has 1 atom stereocenters. The molecule has 10 heteroatoms. The van der Waals surface area contributed by atoms with E-state index in [-0.39, 0.29) is 23.3 Å². The van der Waals surface area contributed by atoms with Crippen LogP contribution in [0, 0.1) is 0 Å². The zero-order valence-corrected chi connectivity index (χ0v) is 17.9. The molecule has 1 aromatic carbocycles. The monoisotopic (exact) mass is 458 g/mol. The number of carbonyl (C=O) groups is 2. The molecule has 1 N–H and O–H groups in total. The lowest BCUT2D eigenvalue weighted by atomic mass is 9.87. The molecular weight excluding hydrogens is 437 g/mol. The molecule has 172 valence electrons. The Labute approximate surface area is 187 Å². The largest absolute Gasteiger partial charge is 0.439 e. The van der Waals surface area contributed by atoms with Crippen LogP contribution in [0.5, 0.6) is 11.6 Å². The van der Waals surface area contributed by atoms with Crippen molar-refractivity contribution in [3.8, 4) is 11.6 Å². The molecule has 0 aliphatic carbocycles. The van der Waals surface area contributed by atoms with Crippen LogP contribution in [0.3, 0.4) is 0 Å². The summed E-state index contributed by atoms with van der Waals surface area (Å²) >= 11 is 0. The molecule has 1 aliphatic rings. The van der Waals surface area contributed by atoms with Crippen LogP contribution in [0.25, 0.3) is 10.9 Å². The van der Waals surface area contributed by atoms with Crippen LogP contribution in [0.1, 0.15) is 28.9 Å². The number of fused-ring (bicyclic) bond motifs is 1. The van der Waals surface area contributed by atoms with Gasteiger partial charge in [-0.05, 0) is 56.8 Å². The molecule has 1 aliphatic heterocycles. The van der Waals surface area contributed by atoms with Gasteiger partial charge < -0.3 is 10.1 Å². The Hall–Kier alpha value is -3.53. The normalized spacial score (nSPS) is 18.9. The Morgan fingerprint density at radius 1 is 1.15 bits per heavy atom. The fourth-order valence-corrected chi connectivity index (χ4v) is 4.07. The van der Waals surface area contributed by atoms with Gasteiger partial charge in [0.15, 0.2) is 5.54 Å². The number of benzene rings is 1. The van der Waals surface area contributed by atoms with Gasteiger partial charge in [-0.1, -0.05) is 6.07 Å². The predicted octanol–water partition coefficient (Wildman–Crippen LogP) is 3.83. The maximum absolute atomic E-state index is 13.4. The number of hydrogen-bond donors (Lipinski definition) is 1. The van der Waals surface area contributed by atoms with Crippen LogP contribution in [0.4, 0.5) is 13.2 Å². The average molecular weight is 458 g/mol. The molecule has 0 unspecified atom stereocenters. The number of rotatable bonds is 5. The van der Waals surface area contributed by atoms with E-state index in [1.807, 2.05) is 0 Å². The highest BCUT2D eigenvalue weighted by atomic mass is 19.4. The molecular formula is C23H21F3N4O3. The second-order valence-electron chi connectivity index (χ2n) is 7.83. The molecule has 4 rings (SSSR count). The van der Waals surface area contributed by atoms with Crippen molar-refractivity contribution in [2.75, 3.05) is 20.6 Å². The van der Waals surface area contributed by atoms with Gasteiger partial charge in [-0.2, -0.15) is 13.2 Å². The molecule has 3 heterocycles. The second-order valence-corrected chi connectivity index (χ2v) is 7.83. The Bertz CT molecular complexity index is 1210. The number of nitrogens with one attached hydrogen (secondary N) is 1. The van der Waals surface area contributed by atoms with Gasteiger partial charge in [0.2, 0.25) is 17.6 Å². The number of Topliss-reactive ketones (excluding diaryl/α,β-unsaturated/α-hetero) is 1. The molecule has 0 spiro atoms. The van der Waals surface area contributed by atoms with E-state index < -0.39 is 17.3 Å². The van der Waals surface area contributed by atoms with Crippen molar-refractivity contribution >= 4 is 22.6 Å². The number of amides is 1. The molecule has 1 fully saturated rings. The first-order valence-corrected chi connectivity index (χ1v) is 10.3. The predicted molar refractivity (Wildman–Crippen MR) is 114 cm³/mol. The minimum Gasteiger partial charge on any atom is -0.439 e. The van der Waals surface area contributed by atoms with E-state index in [4.69, 9.17) is 4.74 Å². The average Bonchev–Trinajstić information content (AvgIpc) is 3.19. The fraction of sp³-hybridized carbons (Fsp3) is 0.304. The SMILES string of the molecule is CNC(=O)[C@]1(C(=O)c2ccc3cc(Oc4ccc(C(F)(F)F)cn4)ccc3n2)CCCN1C. The summed E-state index contributed by atoms with van der Waals surface area (Å²) in [6.07, 6.45) is -2.63. The van der Waals surface area contributed by atoms with Crippen LogP contribution >= 0.6 is 0 Å². The highest BCUT2D eigenvalue weighted by Gasteiger charge is 2.52. The van der Waals surface area contributed by atoms with Crippen LogP contribution in [-0.2, 0) is 11.0 Å². The summed E-state index contributed by atoms with van der Waals surface area (Å²) in [6.45, 7) is 0.630. The maximum atomic E-state index is 13.4. The summed E-state index contributed by atoms with van der Waals surface area (Å²) in [7, 11) is 3.25. The lowest BCUT2D eigenvalue weighted by Crippen LogP contribution is -2.59. The summed E-state index contributed by atoms with van der Waals surface area (Å²) < 4.78 is 43.6. The van der Waals surface area contributed by atoms with Gasteiger partial charge in [-0.3, -0.25) is 14.5 Å². The first-order chi connectivity index (χ1) is 15.6. The van der Waals surface area contributed by atoms with E-state index in [1.165, 1.54) is 7.05 Å². The van der Waals surface area contributed by atoms with Crippen molar-refractivity contribution in [2.45, 2.75) is 24.6 Å². The number of ketones is 1. The van der Waals surface area contributed by atoms with Crippen LogP contribution in [0.15, 0.2) is 48.7 Å². The minimum absolute atomic E-state index is 0.0129. The third-order valence-electron chi connectivity index (χ3n) is 5.84. The molecule has 1 saturated heterocycles. The zero-order chi connectivity index (χ0) is 23.8. The number of hydrogen-bond acceptors (Lipinski definition) is 6. The van der Waals surface area contributed by atoms with Crippen molar-refractivity contribution in [1.82, 2.24) is 20.2 Å². The van der Waals surface area contributed by atoms with E-state index >= 15 is 0 Å². The molecule has 1 amide bonds. The van der Waals surface area contributed by atoms with Crippen molar-refractivity contribution in [1.29, 1.82) is 0 Å². The molecule has 33 heavy (non-hydrogen) atoms. The Kier molecular flexibility index (Phi) is 5.79. The van der Waals surface area contributed by atoms with Gasteiger partial charge in [0.1, 0.15) is 11.4 Å². The lowest BCUT2D eigenvalue weighted by molar-refractivity contribution is -0.137. The van der Waals surface area contributed by atoms with E-state index in [1.54, 1.807) is 42.3 Å². The van der Waals surface area contributed by atoms with Crippen molar-refractivity contribution in [3.05, 3.63) is 59.9 Å². The van der Waals surface area contributed by atoms with Crippen molar-refractivity contribution in [3.63, 3.8) is 0 Å². The first-order valence-electron chi connectivity index (χ1n) is 10.3. The smallest absolute Gasteiger partial charge is 0.417 e. The number of aromatic nitrogens is 2. The van der Waals surface area contributed by atoms with Gasteiger partial charge in [0.05, 0.1) is 11.1 Å². The summed E-state index contributed by atoms with van der Waals surface area (Å²) in [5.74, 6) is -0.355. The number of halogens is 3. The van der Waals surface area contributed by atoms with E-state index in [9.17, 15) is 22.8 Å². The highest BCUT2D eigenvalue weighted by Crippen LogP contribution is 2.33. The lowest BCUT2D eigenvalue weighted by Gasteiger charge is -2.32. The van der Waals surface area contributed by atoms with Crippen LogP contribution in [-0.4, -0.2) is 52.7 Å². The quantitative estimate of drug-likeness (QED) is 0.462. The topological polar surface area (TPSA) is 84.4 Å².